The smallest absolute Gasteiger partial charge is 0.191 e. The number of nitrogens with one attached hydrogen (secondary N) is 2. The van der Waals surface area contributed by atoms with Crippen LogP contribution in [0.1, 0.15) is 18.1 Å². The molecule has 2 aromatic rings. The average molecular weight is 359 g/mol. The first-order valence-electron chi connectivity index (χ1n) is 8.36. The van der Waals surface area contributed by atoms with Gasteiger partial charge in [-0.2, -0.15) is 0 Å². The van der Waals surface area contributed by atoms with Crippen molar-refractivity contribution >= 4 is 15.8 Å². The summed E-state index contributed by atoms with van der Waals surface area (Å²) in [5, 5.41) is 6.29. The standard InChI is InChI=1S/C19H25N3O2S/c1-3-16-9-7-8-10-17(16)15-22-19(20-2)21-13-14-25(23,24)18-11-5-4-6-12-18/h4-12H,3,13-15H2,1-2H3,(H2,20,21,22). The summed E-state index contributed by atoms with van der Waals surface area (Å²) >= 11 is 0. The van der Waals surface area contributed by atoms with Crippen LogP contribution in [-0.4, -0.2) is 33.7 Å². The molecule has 0 amide bonds. The number of hydrogen-bond acceptors (Lipinski definition) is 3. The van der Waals surface area contributed by atoms with Crippen molar-refractivity contribution in [1.29, 1.82) is 0 Å². The molecule has 0 aliphatic rings. The van der Waals surface area contributed by atoms with E-state index in [-0.39, 0.29) is 5.75 Å². The zero-order chi connectivity index (χ0) is 18.1. The molecule has 0 unspecified atom stereocenters. The quantitative estimate of drug-likeness (QED) is 0.588. The van der Waals surface area contributed by atoms with E-state index in [1.54, 1.807) is 37.4 Å². The van der Waals surface area contributed by atoms with Crippen molar-refractivity contribution in [3.63, 3.8) is 0 Å². The van der Waals surface area contributed by atoms with Crippen molar-refractivity contribution in [2.24, 2.45) is 4.99 Å². The van der Waals surface area contributed by atoms with Gasteiger partial charge in [-0.05, 0) is 29.7 Å². The average Bonchev–Trinajstić information content (AvgIpc) is 2.65. The molecular formula is C19H25N3O2S. The van der Waals surface area contributed by atoms with Crippen molar-refractivity contribution in [1.82, 2.24) is 10.6 Å². The Labute approximate surface area is 150 Å². The van der Waals surface area contributed by atoms with Crippen LogP contribution in [0.3, 0.4) is 0 Å². The Morgan fingerprint density at radius 2 is 1.60 bits per heavy atom. The van der Waals surface area contributed by atoms with Crippen LogP contribution >= 0.6 is 0 Å². The molecule has 0 fully saturated rings. The number of nitrogens with zero attached hydrogens (tertiary/aromatic N) is 1. The molecule has 0 saturated heterocycles. The minimum atomic E-state index is -3.29. The number of rotatable bonds is 7. The summed E-state index contributed by atoms with van der Waals surface area (Å²) in [7, 11) is -1.61. The molecule has 0 aliphatic heterocycles. The fourth-order valence-corrected chi connectivity index (χ4v) is 3.70. The molecule has 0 aliphatic carbocycles. The molecule has 0 radical (unpaired) electrons. The topological polar surface area (TPSA) is 70.6 Å². The van der Waals surface area contributed by atoms with E-state index in [0.717, 1.165) is 6.42 Å². The molecule has 0 heterocycles. The van der Waals surface area contributed by atoms with Crippen LogP contribution in [0, 0.1) is 0 Å². The molecule has 2 N–H and O–H groups in total. The molecule has 25 heavy (non-hydrogen) atoms. The molecule has 5 nitrogen and oxygen atoms in total. The Bertz CT molecular complexity index is 802. The van der Waals surface area contributed by atoms with Crippen LogP contribution < -0.4 is 10.6 Å². The van der Waals surface area contributed by atoms with Crippen LogP contribution in [0.2, 0.25) is 0 Å². The van der Waals surface area contributed by atoms with E-state index < -0.39 is 9.84 Å². The lowest BCUT2D eigenvalue weighted by molar-refractivity contribution is 0.594. The Morgan fingerprint density at radius 1 is 0.960 bits per heavy atom. The molecule has 0 spiro atoms. The first kappa shape index (κ1) is 19.0. The van der Waals surface area contributed by atoms with Crippen molar-refractivity contribution in [2.45, 2.75) is 24.8 Å². The molecule has 0 saturated carbocycles. The van der Waals surface area contributed by atoms with Crippen LogP contribution in [0.25, 0.3) is 0 Å². The fraction of sp³-hybridized carbons (Fsp3) is 0.316. The van der Waals surface area contributed by atoms with Crippen molar-refractivity contribution in [2.75, 3.05) is 19.3 Å². The number of hydrogen-bond donors (Lipinski definition) is 2. The largest absolute Gasteiger partial charge is 0.355 e. The van der Waals surface area contributed by atoms with Gasteiger partial charge < -0.3 is 10.6 Å². The minimum Gasteiger partial charge on any atom is -0.355 e. The van der Waals surface area contributed by atoms with E-state index in [1.807, 2.05) is 12.1 Å². The van der Waals surface area contributed by atoms with Gasteiger partial charge in [0.05, 0.1) is 10.6 Å². The van der Waals surface area contributed by atoms with Gasteiger partial charge in [-0.25, -0.2) is 8.42 Å². The Kier molecular flexibility index (Phi) is 7.01. The molecule has 134 valence electrons. The van der Waals surface area contributed by atoms with E-state index in [0.29, 0.717) is 23.9 Å². The van der Waals surface area contributed by atoms with Crippen LogP contribution in [0.15, 0.2) is 64.5 Å². The zero-order valence-corrected chi connectivity index (χ0v) is 15.5. The number of aryl methyl sites for hydroxylation is 1. The zero-order valence-electron chi connectivity index (χ0n) is 14.7. The van der Waals surface area contributed by atoms with Crippen LogP contribution in [0.5, 0.6) is 0 Å². The Morgan fingerprint density at radius 3 is 2.24 bits per heavy atom. The molecule has 2 rings (SSSR count). The summed E-state index contributed by atoms with van der Waals surface area (Å²) in [6, 6.07) is 16.7. The van der Waals surface area contributed by atoms with E-state index >= 15 is 0 Å². The van der Waals surface area contributed by atoms with Gasteiger partial charge >= 0.3 is 0 Å². The highest BCUT2D eigenvalue weighted by Gasteiger charge is 2.13. The Hall–Kier alpha value is -2.34. The summed E-state index contributed by atoms with van der Waals surface area (Å²) in [4.78, 5) is 4.49. The first-order valence-corrected chi connectivity index (χ1v) is 10.0. The maximum Gasteiger partial charge on any atom is 0.191 e. The molecule has 0 aromatic heterocycles. The number of guanidine groups is 1. The number of aliphatic imine (C=N–C) groups is 1. The van der Waals surface area contributed by atoms with E-state index in [4.69, 9.17) is 0 Å². The van der Waals surface area contributed by atoms with E-state index in [2.05, 4.69) is 34.7 Å². The predicted molar refractivity (Wildman–Crippen MR) is 103 cm³/mol. The minimum absolute atomic E-state index is 0.0171. The molecular weight excluding hydrogens is 334 g/mol. The van der Waals surface area contributed by atoms with Gasteiger partial charge in [-0.15, -0.1) is 0 Å². The second kappa shape index (κ2) is 9.22. The summed E-state index contributed by atoms with van der Waals surface area (Å²) < 4.78 is 24.5. The summed E-state index contributed by atoms with van der Waals surface area (Å²) in [6.45, 7) is 3.07. The van der Waals surface area contributed by atoms with E-state index in [1.165, 1.54) is 11.1 Å². The van der Waals surface area contributed by atoms with Gasteiger partial charge in [0.15, 0.2) is 15.8 Å². The molecule has 6 heteroatoms. The van der Waals surface area contributed by atoms with Crippen LogP contribution in [0.4, 0.5) is 0 Å². The maximum absolute atomic E-state index is 12.3. The lowest BCUT2D eigenvalue weighted by atomic mass is 10.1. The van der Waals surface area contributed by atoms with Crippen molar-refractivity contribution in [3.05, 3.63) is 65.7 Å². The van der Waals surface area contributed by atoms with Gasteiger partial charge in [0.2, 0.25) is 0 Å². The second-order valence-electron chi connectivity index (χ2n) is 5.61. The lowest BCUT2D eigenvalue weighted by Crippen LogP contribution is -2.39. The van der Waals surface area contributed by atoms with Crippen LogP contribution in [-0.2, 0) is 22.8 Å². The summed E-state index contributed by atoms with van der Waals surface area (Å²) in [5.74, 6) is 0.609. The molecule has 0 atom stereocenters. The normalized spacial score (nSPS) is 12.0. The first-order chi connectivity index (χ1) is 12.1. The van der Waals surface area contributed by atoms with E-state index in [9.17, 15) is 8.42 Å². The number of benzene rings is 2. The lowest BCUT2D eigenvalue weighted by Gasteiger charge is -2.14. The summed E-state index contributed by atoms with van der Waals surface area (Å²) in [5.41, 5.74) is 2.50. The van der Waals surface area contributed by atoms with Gasteiger partial charge in [-0.1, -0.05) is 49.4 Å². The fourth-order valence-electron chi connectivity index (χ4n) is 2.52. The van der Waals surface area contributed by atoms with Crippen molar-refractivity contribution < 1.29 is 8.42 Å². The van der Waals surface area contributed by atoms with Gasteiger partial charge in [0.25, 0.3) is 0 Å². The van der Waals surface area contributed by atoms with Gasteiger partial charge in [-0.3, -0.25) is 4.99 Å². The number of sulfone groups is 1. The van der Waals surface area contributed by atoms with Gasteiger partial charge in [0.1, 0.15) is 0 Å². The van der Waals surface area contributed by atoms with Crippen molar-refractivity contribution in [3.8, 4) is 0 Å². The summed E-state index contributed by atoms with van der Waals surface area (Å²) in [6.07, 6.45) is 0.971. The second-order valence-corrected chi connectivity index (χ2v) is 7.72. The third-order valence-corrected chi connectivity index (χ3v) is 5.67. The van der Waals surface area contributed by atoms with Gasteiger partial charge in [0, 0.05) is 20.1 Å². The maximum atomic E-state index is 12.3. The highest BCUT2D eigenvalue weighted by Crippen LogP contribution is 2.10. The molecule has 2 aromatic carbocycles. The third-order valence-electron chi connectivity index (χ3n) is 3.93. The highest BCUT2D eigenvalue weighted by atomic mass is 32.2. The molecule has 0 bridgehead atoms. The monoisotopic (exact) mass is 359 g/mol. The Balaban J connectivity index is 1.87. The highest BCUT2D eigenvalue weighted by molar-refractivity contribution is 7.91. The third kappa shape index (κ3) is 5.60. The SMILES string of the molecule is CCc1ccccc1CNC(=NC)NCCS(=O)(=O)c1ccccc1. The predicted octanol–water partition coefficient (Wildman–Crippen LogP) is 2.39.